The van der Waals surface area contributed by atoms with Gasteiger partial charge in [0.1, 0.15) is 6.61 Å². The summed E-state index contributed by atoms with van der Waals surface area (Å²) < 4.78 is 16.7. The van der Waals surface area contributed by atoms with Crippen molar-refractivity contribution in [3.8, 4) is 17.2 Å². The summed E-state index contributed by atoms with van der Waals surface area (Å²) in [6.45, 7) is 1.06. The highest BCUT2D eigenvalue weighted by atomic mass is 16.5. The molecule has 0 aliphatic heterocycles. The lowest BCUT2D eigenvalue weighted by Gasteiger charge is -2.15. The molecule has 0 bridgehead atoms. The van der Waals surface area contributed by atoms with Gasteiger partial charge in [-0.2, -0.15) is 0 Å². The van der Waals surface area contributed by atoms with Gasteiger partial charge in [-0.25, -0.2) is 9.59 Å². The van der Waals surface area contributed by atoms with E-state index >= 15 is 0 Å². The Morgan fingerprint density at radius 1 is 0.926 bits per heavy atom. The predicted octanol–water partition coefficient (Wildman–Crippen LogP) is 1.94. The van der Waals surface area contributed by atoms with Crippen LogP contribution in [-0.2, 0) is 22.6 Å². The highest BCUT2D eigenvalue weighted by Gasteiger charge is 2.13. The van der Waals surface area contributed by atoms with Gasteiger partial charge in [0, 0.05) is 0 Å². The summed E-state index contributed by atoms with van der Waals surface area (Å²) in [6.07, 6.45) is 0.766. The molecule has 0 aliphatic rings. The number of benzene rings is 2. The van der Waals surface area contributed by atoms with Gasteiger partial charge in [-0.1, -0.05) is 30.3 Å². The molecule has 0 spiro atoms. The molecular weight excluding hydrogens is 354 g/mol. The molecule has 8 heteroatoms. The first-order chi connectivity index (χ1) is 12.9. The molecule has 146 valence electrons. The normalized spacial score (nSPS) is 9.59. The fourth-order valence-electron chi connectivity index (χ4n) is 2.14. The minimum absolute atomic E-state index is 0.479. The van der Waals surface area contributed by atoms with Crippen LogP contribution >= 0.6 is 0 Å². The van der Waals surface area contributed by atoms with E-state index in [1.54, 1.807) is 14.2 Å². The van der Waals surface area contributed by atoms with Crippen LogP contribution < -0.4 is 19.9 Å². The lowest BCUT2D eigenvalue weighted by molar-refractivity contribution is -0.159. The molecule has 0 aromatic heterocycles. The molecule has 8 nitrogen and oxygen atoms in total. The van der Waals surface area contributed by atoms with Gasteiger partial charge >= 0.3 is 11.9 Å². The summed E-state index contributed by atoms with van der Waals surface area (Å²) in [5.74, 6) is -1.71. The summed E-state index contributed by atoms with van der Waals surface area (Å²) in [7, 11) is 3.22. The van der Waals surface area contributed by atoms with Gasteiger partial charge in [0.2, 0.25) is 5.75 Å². The highest BCUT2D eigenvalue weighted by Crippen LogP contribution is 2.38. The molecule has 0 radical (unpaired) electrons. The van der Waals surface area contributed by atoms with E-state index in [0.717, 1.165) is 17.5 Å². The maximum atomic E-state index is 9.10. The van der Waals surface area contributed by atoms with Crippen LogP contribution in [0.25, 0.3) is 0 Å². The number of ether oxygens (including phenoxy) is 3. The van der Waals surface area contributed by atoms with Crippen LogP contribution in [0.15, 0.2) is 42.5 Å². The minimum atomic E-state index is -1.82. The molecule has 2 rings (SSSR count). The average molecular weight is 377 g/mol. The first-order valence-electron chi connectivity index (χ1n) is 8.00. The smallest absolute Gasteiger partial charge is 0.414 e. The molecule has 0 heterocycles. The molecule has 0 unspecified atom stereocenters. The van der Waals surface area contributed by atoms with E-state index in [4.69, 9.17) is 39.7 Å². The molecule has 27 heavy (non-hydrogen) atoms. The average Bonchev–Trinajstić information content (AvgIpc) is 2.67. The lowest BCUT2D eigenvalue weighted by Crippen LogP contribution is -2.09. The van der Waals surface area contributed by atoms with Gasteiger partial charge in [-0.15, -0.1) is 0 Å². The number of hydrogen-bond donors (Lipinski definition) is 3. The fraction of sp³-hybridized carbons (Fsp3) is 0.263. The number of carbonyl (C=O) groups is 2. The van der Waals surface area contributed by atoms with Gasteiger partial charge in [0.15, 0.2) is 11.5 Å². The Bertz CT molecular complexity index is 735. The van der Waals surface area contributed by atoms with Crippen LogP contribution in [0.1, 0.15) is 11.1 Å². The summed E-state index contributed by atoms with van der Waals surface area (Å²) >= 11 is 0. The first kappa shape index (κ1) is 21.8. The standard InChI is InChI=1S/C17H21NO3.C2H2O4/c1-19-15-10-14(8-9-18)11-16(17(15)20-2)21-12-13-6-4-3-5-7-13;3-1(4)2(5)6/h3-7,10-11H,8-9,12,18H2,1-2H3;(H,3,4)(H,5,6). The number of hydrogen-bond acceptors (Lipinski definition) is 6. The van der Waals surface area contributed by atoms with Crippen molar-refractivity contribution in [2.24, 2.45) is 5.73 Å². The van der Waals surface area contributed by atoms with Gasteiger partial charge in [0.25, 0.3) is 0 Å². The second-order valence-corrected chi connectivity index (χ2v) is 5.25. The number of carboxylic acid groups (broad SMARTS) is 2. The third-order valence-corrected chi connectivity index (χ3v) is 3.36. The van der Waals surface area contributed by atoms with Crippen molar-refractivity contribution in [2.75, 3.05) is 20.8 Å². The third kappa shape index (κ3) is 7.25. The molecule has 2 aromatic rings. The number of rotatable bonds is 7. The van der Waals surface area contributed by atoms with Crippen molar-refractivity contribution in [1.82, 2.24) is 0 Å². The van der Waals surface area contributed by atoms with Crippen molar-refractivity contribution in [3.63, 3.8) is 0 Å². The number of aliphatic carboxylic acids is 2. The van der Waals surface area contributed by atoms with Gasteiger partial charge in [0.05, 0.1) is 14.2 Å². The molecular formula is C19H23NO7. The van der Waals surface area contributed by atoms with E-state index in [2.05, 4.69) is 0 Å². The van der Waals surface area contributed by atoms with E-state index in [1.165, 1.54) is 0 Å². The third-order valence-electron chi connectivity index (χ3n) is 3.36. The Labute approximate surface area is 157 Å². The van der Waals surface area contributed by atoms with Crippen LogP contribution in [-0.4, -0.2) is 42.9 Å². The molecule has 0 atom stereocenters. The Morgan fingerprint density at radius 2 is 1.52 bits per heavy atom. The summed E-state index contributed by atoms with van der Waals surface area (Å²) in [6, 6.07) is 13.9. The largest absolute Gasteiger partial charge is 0.493 e. The zero-order valence-corrected chi connectivity index (χ0v) is 15.2. The fourth-order valence-corrected chi connectivity index (χ4v) is 2.14. The SMILES string of the molecule is COc1cc(CCN)cc(OCc2ccccc2)c1OC.O=C(O)C(=O)O. The second kappa shape index (κ2) is 11.4. The van der Waals surface area contributed by atoms with Crippen molar-refractivity contribution in [3.05, 3.63) is 53.6 Å². The second-order valence-electron chi connectivity index (χ2n) is 5.25. The van der Waals surface area contributed by atoms with Gasteiger partial charge < -0.3 is 30.2 Å². The molecule has 0 saturated carbocycles. The maximum absolute atomic E-state index is 9.10. The van der Waals surface area contributed by atoms with E-state index < -0.39 is 11.9 Å². The van der Waals surface area contributed by atoms with E-state index in [-0.39, 0.29) is 0 Å². The van der Waals surface area contributed by atoms with Crippen molar-refractivity contribution in [1.29, 1.82) is 0 Å². The number of nitrogens with two attached hydrogens (primary N) is 1. The van der Waals surface area contributed by atoms with Crippen LogP contribution in [0.2, 0.25) is 0 Å². The maximum Gasteiger partial charge on any atom is 0.414 e. The van der Waals surface area contributed by atoms with Gasteiger partial charge in [-0.05, 0) is 36.2 Å². The summed E-state index contributed by atoms with van der Waals surface area (Å²) in [4.78, 5) is 18.2. The van der Waals surface area contributed by atoms with E-state index in [0.29, 0.717) is 30.4 Å². The van der Waals surface area contributed by atoms with Crippen molar-refractivity contribution in [2.45, 2.75) is 13.0 Å². The Kier molecular flexibility index (Phi) is 9.18. The topological polar surface area (TPSA) is 128 Å². The summed E-state index contributed by atoms with van der Waals surface area (Å²) in [5, 5.41) is 14.8. The Hall–Kier alpha value is -3.26. The molecule has 0 amide bonds. The first-order valence-corrected chi connectivity index (χ1v) is 8.00. The molecule has 0 fully saturated rings. The molecule has 2 aromatic carbocycles. The number of methoxy groups -OCH3 is 2. The zero-order chi connectivity index (χ0) is 20.2. The molecule has 4 N–H and O–H groups in total. The summed E-state index contributed by atoms with van der Waals surface area (Å²) in [5.41, 5.74) is 7.79. The van der Waals surface area contributed by atoms with E-state index in [9.17, 15) is 0 Å². The highest BCUT2D eigenvalue weighted by molar-refractivity contribution is 6.27. The van der Waals surface area contributed by atoms with Crippen LogP contribution in [0.5, 0.6) is 17.2 Å². The molecule has 0 aliphatic carbocycles. The van der Waals surface area contributed by atoms with Crippen LogP contribution in [0.4, 0.5) is 0 Å². The van der Waals surface area contributed by atoms with Crippen LogP contribution in [0.3, 0.4) is 0 Å². The van der Waals surface area contributed by atoms with E-state index in [1.807, 2.05) is 42.5 Å². The quantitative estimate of drug-likeness (QED) is 0.625. The Morgan fingerprint density at radius 3 is 2.00 bits per heavy atom. The van der Waals surface area contributed by atoms with Crippen LogP contribution in [0, 0.1) is 0 Å². The predicted molar refractivity (Wildman–Crippen MR) is 98.4 cm³/mol. The van der Waals surface area contributed by atoms with Crippen molar-refractivity contribution >= 4 is 11.9 Å². The van der Waals surface area contributed by atoms with Gasteiger partial charge in [-0.3, -0.25) is 0 Å². The lowest BCUT2D eigenvalue weighted by atomic mass is 10.1. The Balaban J connectivity index is 0.000000527. The number of carboxylic acids is 2. The van der Waals surface area contributed by atoms with Crippen molar-refractivity contribution < 1.29 is 34.0 Å². The minimum Gasteiger partial charge on any atom is -0.493 e. The monoisotopic (exact) mass is 377 g/mol. The molecule has 0 saturated heterocycles. The zero-order valence-electron chi connectivity index (χ0n) is 15.2.